The van der Waals surface area contributed by atoms with Crippen molar-refractivity contribution in [3.63, 3.8) is 0 Å². The van der Waals surface area contributed by atoms with Gasteiger partial charge >= 0.3 is 0 Å². The second-order valence-corrected chi connectivity index (χ2v) is 2.98. The second-order valence-electron chi connectivity index (χ2n) is 2.98. The van der Waals surface area contributed by atoms with Crippen molar-refractivity contribution in [2.75, 3.05) is 6.61 Å². The van der Waals surface area contributed by atoms with Crippen molar-refractivity contribution < 1.29 is 10.5 Å². The van der Waals surface area contributed by atoms with Gasteiger partial charge in [0.1, 0.15) is 6.20 Å². The van der Waals surface area contributed by atoms with Gasteiger partial charge in [0, 0.05) is 0 Å². The molecule has 1 heterocycles. The molecule has 1 aliphatic heterocycles. The van der Waals surface area contributed by atoms with Crippen molar-refractivity contribution >= 4 is 0 Å². The first-order valence-corrected chi connectivity index (χ1v) is 3.33. The van der Waals surface area contributed by atoms with Gasteiger partial charge in [0.15, 0.2) is 0 Å². The Hall–Kier alpha value is -0.580. The first-order chi connectivity index (χ1) is 4.67. The highest BCUT2D eigenvalue weighted by molar-refractivity contribution is 4.86. The van der Waals surface area contributed by atoms with E-state index < -0.39 is 0 Å². The highest BCUT2D eigenvalue weighted by Gasteiger charge is 2.26. The van der Waals surface area contributed by atoms with E-state index in [0.29, 0.717) is 0 Å². The fourth-order valence-electron chi connectivity index (χ4n) is 0.748. The lowest BCUT2D eigenvalue weighted by atomic mass is 10.1. The van der Waals surface area contributed by atoms with Crippen molar-refractivity contribution in [3.8, 4) is 0 Å². The zero-order valence-electron chi connectivity index (χ0n) is 6.33. The second kappa shape index (κ2) is 2.57. The molecule has 0 saturated carbocycles. The summed E-state index contributed by atoms with van der Waals surface area (Å²) in [5, 5.41) is 10.8. The number of hydrazine groups is 1. The number of rotatable bonds is 2. The average Bonchev–Trinajstić information content (AvgIpc) is 2.38. The third-order valence-corrected chi connectivity index (χ3v) is 1.58. The molecule has 4 nitrogen and oxygen atoms in total. The molecule has 10 heavy (non-hydrogen) atoms. The summed E-state index contributed by atoms with van der Waals surface area (Å²) in [6, 6.07) is 0. The fraction of sp³-hybridized carbons (Fsp3) is 0.667. The minimum Gasteiger partial charge on any atom is -0.394 e. The van der Waals surface area contributed by atoms with Gasteiger partial charge in [0.25, 0.3) is 0 Å². The average molecular weight is 144 g/mol. The van der Waals surface area contributed by atoms with E-state index in [2.05, 4.69) is 5.53 Å². The number of nitrogens with one attached hydrogen (secondary N) is 1. The summed E-state index contributed by atoms with van der Waals surface area (Å²) < 4.78 is 0. The van der Waals surface area contributed by atoms with Crippen molar-refractivity contribution in [1.29, 1.82) is 0 Å². The number of aliphatic hydroxyl groups excluding tert-OH is 1. The van der Waals surface area contributed by atoms with Gasteiger partial charge in [-0.15, -0.1) is 0 Å². The van der Waals surface area contributed by atoms with E-state index in [1.165, 1.54) is 0 Å². The molecule has 0 fully saturated rings. The van der Waals surface area contributed by atoms with Crippen LogP contribution in [0.4, 0.5) is 0 Å². The van der Waals surface area contributed by atoms with E-state index in [4.69, 9.17) is 5.11 Å². The Balaban J connectivity index is 2.54. The van der Waals surface area contributed by atoms with E-state index in [0.717, 1.165) is 0 Å². The van der Waals surface area contributed by atoms with Gasteiger partial charge in [-0.05, 0) is 13.8 Å². The Morgan fingerprint density at radius 1 is 1.70 bits per heavy atom. The molecule has 0 aromatic carbocycles. The minimum absolute atomic E-state index is 0.137. The molecule has 0 spiro atoms. The van der Waals surface area contributed by atoms with Crippen LogP contribution < -0.4 is 11.0 Å². The van der Waals surface area contributed by atoms with Gasteiger partial charge in [-0.1, -0.05) is 5.53 Å². The van der Waals surface area contributed by atoms with Crippen molar-refractivity contribution in [1.82, 2.24) is 10.5 Å². The van der Waals surface area contributed by atoms with Gasteiger partial charge in [-0.3, -0.25) is 5.01 Å². The molecule has 0 aliphatic carbocycles. The monoisotopic (exact) mass is 144 g/mol. The van der Waals surface area contributed by atoms with E-state index >= 15 is 0 Å². The first kappa shape index (κ1) is 7.53. The zero-order valence-corrected chi connectivity index (χ0v) is 6.33. The summed E-state index contributed by atoms with van der Waals surface area (Å²) in [6.45, 7) is 4.06. The molecule has 0 radical (unpaired) electrons. The van der Waals surface area contributed by atoms with Crippen LogP contribution in [0.2, 0.25) is 0 Å². The Morgan fingerprint density at radius 3 is 2.80 bits per heavy atom. The Kier molecular flexibility index (Phi) is 1.94. The summed E-state index contributed by atoms with van der Waals surface area (Å²) in [7, 11) is 0. The highest BCUT2D eigenvalue weighted by Crippen LogP contribution is 2.10. The van der Waals surface area contributed by atoms with Gasteiger partial charge in [-0.25, -0.2) is 5.43 Å². The topological polar surface area (TPSA) is 52.1 Å². The first-order valence-electron chi connectivity index (χ1n) is 3.33. The largest absolute Gasteiger partial charge is 0.394 e. The Bertz CT molecular complexity index is 144. The smallest absolute Gasteiger partial charge is 0.131 e. The maximum Gasteiger partial charge on any atom is 0.131 e. The van der Waals surface area contributed by atoms with Gasteiger partial charge in [-0.2, -0.15) is 0 Å². The van der Waals surface area contributed by atoms with E-state index in [1.54, 1.807) is 0 Å². The lowest BCUT2D eigenvalue weighted by Gasteiger charge is -2.30. The predicted molar refractivity (Wildman–Crippen MR) is 37.2 cm³/mol. The van der Waals surface area contributed by atoms with Crippen LogP contribution >= 0.6 is 0 Å². The summed E-state index contributed by atoms with van der Waals surface area (Å²) in [5.41, 5.74) is 4.60. The van der Waals surface area contributed by atoms with Gasteiger partial charge in [0.2, 0.25) is 0 Å². The Morgan fingerprint density at radius 2 is 2.40 bits per heavy atom. The summed E-state index contributed by atoms with van der Waals surface area (Å²) in [5.74, 6) is 0. The van der Waals surface area contributed by atoms with E-state index in [1.807, 2.05) is 36.7 Å². The number of quaternary nitrogens is 1. The number of aliphatic hydroxyl groups is 1. The standard InChI is InChI=1S/C6H13N3O/c1-6(2,5-10)9-4-3-7-8-9/h3-4,7-8,10H,5H2,1-2H3/p+1. The van der Waals surface area contributed by atoms with Crippen LogP contribution in [0.5, 0.6) is 0 Å². The number of nitrogens with two attached hydrogens (primary N) is 1. The molecule has 4 heteroatoms. The molecule has 0 aromatic rings. The van der Waals surface area contributed by atoms with E-state index in [9.17, 15) is 0 Å². The van der Waals surface area contributed by atoms with Crippen LogP contribution in [-0.4, -0.2) is 22.3 Å². The predicted octanol–water partition coefficient (Wildman–Crippen LogP) is -1.47. The highest BCUT2D eigenvalue weighted by atomic mass is 16.3. The van der Waals surface area contributed by atoms with Crippen LogP contribution in [0.25, 0.3) is 0 Å². The zero-order chi connectivity index (χ0) is 7.61. The maximum atomic E-state index is 8.93. The molecule has 0 aromatic heterocycles. The maximum absolute atomic E-state index is 8.93. The lowest BCUT2D eigenvalue weighted by molar-refractivity contribution is -0.664. The minimum atomic E-state index is -0.219. The van der Waals surface area contributed by atoms with Crippen LogP contribution in [0.3, 0.4) is 0 Å². The van der Waals surface area contributed by atoms with Crippen LogP contribution in [0.1, 0.15) is 13.8 Å². The molecule has 0 unspecified atom stereocenters. The number of nitrogens with zero attached hydrogens (tertiary/aromatic N) is 1. The normalized spacial score (nSPS) is 18.5. The molecule has 0 saturated heterocycles. The number of hydrogen-bond acceptors (Lipinski definition) is 3. The molecule has 1 aliphatic rings. The third-order valence-electron chi connectivity index (χ3n) is 1.58. The molecule has 4 N–H and O–H groups in total. The van der Waals surface area contributed by atoms with Gasteiger partial charge in [0.05, 0.1) is 18.3 Å². The Labute approximate surface area is 60.5 Å². The molecule has 0 bridgehead atoms. The van der Waals surface area contributed by atoms with Crippen LogP contribution in [0, 0.1) is 0 Å². The lowest BCUT2D eigenvalue weighted by Crippen LogP contribution is -2.88. The quantitative estimate of drug-likeness (QED) is 0.415. The number of hydrogen-bond donors (Lipinski definition) is 3. The molecule has 58 valence electrons. The van der Waals surface area contributed by atoms with Crippen molar-refractivity contribution in [2.24, 2.45) is 0 Å². The van der Waals surface area contributed by atoms with Gasteiger partial charge < -0.3 is 5.11 Å². The van der Waals surface area contributed by atoms with Crippen LogP contribution in [0.15, 0.2) is 12.4 Å². The van der Waals surface area contributed by atoms with Crippen LogP contribution in [-0.2, 0) is 0 Å². The summed E-state index contributed by atoms with van der Waals surface area (Å²) >= 11 is 0. The summed E-state index contributed by atoms with van der Waals surface area (Å²) in [6.07, 6.45) is 3.80. The molecule has 0 amide bonds. The molecular weight excluding hydrogens is 130 g/mol. The molecule has 0 atom stereocenters. The summed E-state index contributed by atoms with van der Waals surface area (Å²) in [4.78, 5) is 0. The van der Waals surface area contributed by atoms with Crippen molar-refractivity contribution in [2.45, 2.75) is 19.4 Å². The third kappa shape index (κ3) is 1.29. The molecule has 1 rings (SSSR count). The SMILES string of the molecule is CC(C)(CO)N1C=C[NH2+]N1. The van der Waals surface area contributed by atoms with E-state index in [-0.39, 0.29) is 12.1 Å². The molecular formula is C6H14N3O+. The fourth-order valence-corrected chi connectivity index (χ4v) is 0.748. The van der Waals surface area contributed by atoms with Crippen molar-refractivity contribution in [3.05, 3.63) is 12.4 Å².